The number of para-hydroxylation sites is 1. The third kappa shape index (κ3) is 2.47. The quantitative estimate of drug-likeness (QED) is 0.692. The van der Waals surface area contributed by atoms with Crippen molar-refractivity contribution < 1.29 is 8.81 Å². The van der Waals surface area contributed by atoms with Crippen LogP contribution in [0.4, 0.5) is 10.1 Å². The molecule has 0 saturated heterocycles. The Morgan fingerprint density at radius 1 is 1.10 bits per heavy atom. The molecule has 0 fully saturated rings. The van der Waals surface area contributed by atoms with Gasteiger partial charge in [0.25, 0.3) is 0 Å². The Hall–Kier alpha value is -1.71. The third-order valence-electron chi connectivity index (χ3n) is 3.04. The van der Waals surface area contributed by atoms with Crippen LogP contribution in [0.25, 0.3) is 11.0 Å². The van der Waals surface area contributed by atoms with E-state index in [4.69, 9.17) is 27.6 Å². The summed E-state index contributed by atoms with van der Waals surface area (Å²) >= 11 is 11.7. The first-order chi connectivity index (χ1) is 9.65. The standard InChI is InChI=1S/C15H10Cl2FNO/c16-12-6-5-9(7-13(12)18)19-8-11-10-3-1-2-4-14(10)20-15(11)17/h1-7,19H,8H2. The van der Waals surface area contributed by atoms with Gasteiger partial charge in [0.05, 0.1) is 5.02 Å². The maximum Gasteiger partial charge on any atom is 0.199 e. The van der Waals surface area contributed by atoms with Crippen LogP contribution in [0.15, 0.2) is 46.9 Å². The summed E-state index contributed by atoms with van der Waals surface area (Å²) in [6.45, 7) is 0.441. The van der Waals surface area contributed by atoms with Crippen LogP contribution in [0.1, 0.15) is 5.56 Å². The van der Waals surface area contributed by atoms with Crippen molar-refractivity contribution in [1.29, 1.82) is 0 Å². The minimum absolute atomic E-state index is 0.0994. The van der Waals surface area contributed by atoms with Crippen molar-refractivity contribution in [3.05, 3.63) is 64.1 Å². The fourth-order valence-corrected chi connectivity index (χ4v) is 2.40. The SMILES string of the molecule is Fc1cc(NCc2c(Cl)oc3ccccc23)ccc1Cl. The van der Waals surface area contributed by atoms with E-state index in [1.807, 2.05) is 24.3 Å². The number of hydrogen-bond donors (Lipinski definition) is 1. The summed E-state index contributed by atoms with van der Waals surface area (Å²) in [5, 5.41) is 4.49. The lowest BCUT2D eigenvalue weighted by Crippen LogP contribution is -1.99. The lowest BCUT2D eigenvalue weighted by Gasteiger charge is -2.06. The highest BCUT2D eigenvalue weighted by atomic mass is 35.5. The van der Waals surface area contributed by atoms with Gasteiger partial charge >= 0.3 is 0 Å². The predicted octanol–water partition coefficient (Wildman–Crippen LogP) is 5.49. The molecule has 1 heterocycles. The monoisotopic (exact) mass is 309 g/mol. The molecule has 20 heavy (non-hydrogen) atoms. The summed E-state index contributed by atoms with van der Waals surface area (Å²) in [5.74, 6) is -0.459. The molecular formula is C15H10Cl2FNO. The maximum absolute atomic E-state index is 13.4. The molecule has 0 atom stereocenters. The number of nitrogens with one attached hydrogen (secondary N) is 1. The number of hydrogen-bond acceptors (Lipinski definition) is 2. The Kier molecular flexibility index (Phi) is 3.55. The molecule has 0 aliphatic heterocycles. The van der Waals surface area contributed by atoms with Gasteiger partial charge in [-0.3, -0.25) is 0 Å². The lowest BCUT2D eigenvalue weighted by atomic mass is 10.2. The van der Waals surface area contributed by atoms with Gasteiger partial charge in [-0.2, -0.15) is 0 Å². The summed E-state index contributed by atoms with van der Waals surface area (Å²) in [4.78, 5) is 0. The van der Waals surface area contributed by atoms with E-state index in [1.54, 1.807) is 6.07 Å². The first-order valence-corrected chi connectivity index (χ1v) is 6.75. The maximum atomic E-state index is 13.4. The highest BCUT2D eigenvalue weighted by Gasteiger charge is 2.11. The van der Waals surface area contributed by atoms with Crippen molar-refractivity contribution in [3.63, 3.8) is 0 Å². The molecule has 2 nitrogen and oxygen atoms in total. The molecular weight excluding hydrogens is 300 g/mol. The van der Waals surface area contributed by atoms with Gasteiger partial charge in [-0.05, 0) is 35.9 Å². The average molecular weight is 310 g/mol. The van der Waals surface area contributed by atoms with Gasteiger partial charge in [0.1, 0.15) is 11.4 Å². The van der Waals surface area contributed by atoms with Crippen molar-refractivity contribution in [3.8, 4) is 0 Å². The zero-order valence-electron chi connectivity index (χ0n) is 10.3. The third-order valence-corrected chi connectivity index (χ3v) is 3.65. The fourth-order valence-electron chi connectivity index (χ4n) is 2.03. The Bertz CT molecular complexity index is 770. The second-order valence-electron chi connectivity index (χ2n) is 4.33. The molecule has 5 heteroatoms. The number of rotatable bonds is 3. The van der Waals surface area contributed by atoms with Crippen LogP contribution >= 0.6 is 23.2 Å². The molecule has 0 amide bonds. The van der Waals surface area contributed by atoms with Crippen molar-refractivity contribution in [2.24, 2.45) is 0 Å². The van der Waals surface area contributed by atoms with E-state index in [9.17, 15) is 4.39 Å². The molecule has 3 rings (SSSR count). The second-order valence-corrected chi connectivity index (χ2v) is 5.08. The van der Waals surface area contributed by atoms with Crippen molar-refractivity contribution >= 4 is 39.9 Å². The van der Waals surface area contributed by atoms with E-state index in [0.717, 1.165) is 16.5 Å². The summed E-state index contributed by atoms with van der Waals surface area (Å²) in [6.07, 6.45) is 0. The zero-order chi connectivity index (χ0) is 14.1. The van der Waals surface area contributed by atoms with Crippen molar-refractivity contribution in [2.45, 2.75) is 6.54 Å². The van der Waals surface area contributed by atoms with E-state index in [0.29, 0.717) is 17.5 Å². The van der Waals surface area contributed by atoms with Crippen LogP contribution in [0, 0.1) is 5.82 Å². The van der Waals surface area contributed by atoms with E-state index in [2.05, 4.69) is 5.32 Å². The van der Waals surface area contributed by atoms with Gasteiger partial charge in [0.2, 0.25) is 0 Å². The zero-order valence-corrected chi connectivity index (χ0v) is 11.8. The Labute approximate surface area is 125 Å². The highest BCUT2D eigenvalue weighted by molar-refractivity contribution is 6.31. The Balaban J connectivity index is 1.86. The van der Waals surface area contributed by atoms with Gasteiger partial charge in [-0.15, -0.1) is 0 Å². The van der Waals surface area contributed by atoms with E-state index < -0.39 is 5.82 Å². The Morgan fingerprint density at radius 3 is 2.70 bits per heavy atom. The summed E-state index contributed by atoms with van der Waals surface area (Å²) in [6, 6.07) is 12.2. The molecule has 2 aromatic carbocycles. The molecule has 0 aliphatic rings. The molecule has 3 aromatic rings. The molecule has 0 saturated carbocycles. The number of anilines is 1. The van der Waals surface area contributed by atoms with Crippen LogP contribution in [0.2, 0.25) is 10.2 Å². The number of halogens is 3. The number of benzene rings is 2. The second kappa shape index (κ2) is 5.35. The summed E-state index contributed by atoms with van der Waals surface area (Å²) < 4.78 is 18.8. The normalized spacial score (nSPS) is 10.9. The fraction of sp³-hybridized carbons (Fsp3) is 0.0667. The lowest BCUT2D eigenvalue weighted by molar-refractivity contribution is 0.613. The summed E-state index contributed by atoms with van der Waals surface area (Å²) in [5.41, 5.74) is 2.21. The molecule has 102 valence electrons. The Morgan fingerprint density at radius 2 is 1.90 bits per heavy atom. The minimum atomic E-state index is -0.459. The molecule has 1 N–H and O–H groups in total. The van der Waals surface area contributed by atoms with E-state index >= 15 is 0 Å². The first kappa shape index (κ1) is 13.3. The van der Waals surface area contributed by atoms with Crippen molar-refractivity contribution in [2.75, 3.05) is 5.32 Å². The van der Waals surface area contributed by atoms with E-state index in [-0.39, 0.29) is 5.02 Å². The molecule has 0 aliphatic carbocycles. The van der Waals surface area contributed by atoms with E-state index in [1.165, 1.54) is 12.1 Å². The number of fused-ring (bicyclic) bond motifs is 1. The molecule has 0 radical (unpaired) electrons. The molecule has 0 spiro atoms. The average Bonchev–Trinajstić information content (AvgIpc) is 2.76. The van der Waals surface area contributed by atoms with Crippen molar-refractivity contribution in [1.82, 2.24) is 0 Å². The van der Waals surface area contributed by atoms with Crippen LogP contribution in [-0.4, -0.2) is 0 Å². The van der Waals surface area contributed by atoms with Gasteiger partial charge in [-0.25, -0.2) is 4.39 Å². The largest absolute Gasteiger partial charge is 0.444 e. The molecule has 0 unspecified atom stereocenters. The molecule has 1 aromatic heterocycles. The van der Waals surface area contributed by atoms with Gasteiger partial charge in [0.15, 0.2) is 5.22 Å². The predicted molar refractivity (Wildman–Crippen MR) is 80.0 cm³/mol. The number of furan rings is 1. The van der Waals surface area contributed by atoms with Crippen LogP contribution in [0.5, 0.6) is 0 Å². The highest BCUT2D eigenvalue weighted by Crippen LogP contribution is 2.30. The van der Waals surface area contributed by atoms with Gasteiger partial charge in [-0.1, -0.05) is 29.8 Å². The van der Waals surface area contributed by atoms with Crippen LogP contribution < -0.4 is 5.32 Å². The smallest absolute Gasteiger partial charge is 0.199 e. The van der Waals surface area contributed by atoms with Crippen LogP contribution in [0.3, 0.4) is 0 Å². The summed E-state index contributed by atoms with van der Waals surface area (Å²) in [7, 11) is 0. The van der Waals surface area contributed by atoms with Gasteiger partial charge < -0.3 is 9.73 Å². The topological polar surface area (TPSA) is 25.2 Å². The molecule has 0 bridgehead atoms. The van der Waals surface area contributed by atoms with Crippen LogP contribution in [-0.2, 0) is 6.54 Å². The first-order valence-electron chi connectivity index (χ1n) is 6.00. The van der Waals surface area contributed by atoms with Gasteiger partial charge in [0, 0.05) is 23.2 Å². The minimum Gasteiger partial charge on any atom is -0.444 e.